The van der Waals surface area contributed by atoms with Crippen LogP contribution in [0.3, 0.4) is 0 Å². The first-order valence-corrected chi connectivity index (χ1v) is 7.53. The molecule has 1 rings (SSSR count). The number of rotatable bonds is 9. The van der Waals surface area contributed by atoms with Crippen molar-refractivity contribution in [1.82, 2.24) is 5.32 Å². The molecule has 0 saturated carbocycles. The molecule has 0 aromatic heterocycles. The fraction of sp³-hybridized carbons (Fsp3) is 0.647. The Labute approximate surface area is 123 Å². The van der Waals surface area contributed by atoms with E-state index in [9.17, 15) is 0 Å². The van der Waals surface area contributed by atoms with Gasteiger partial charge in [0.25, 0.3) is 0 Å². The molecule has 0 atom stereocenters. The molecule has 0 aliphatic rings. The maximum absolute atomic E-state index is 5.70. The van der Waals surface area contributed by atoms with Gasteiger partial charge in [0.2, 0.25) is 0 Å². The van der Waals surface area contributed by atoms with Crippen molar-refractivity contribution < 1.29 is 9.47 Å². The van der Waals surface area contributed by atoms with Crippen LogP contribution in [0.25, 0.3) is 0 Å². The summed E-state index contributed by atoms with van der Waals surface area (Å²) in [6, 6.07) is 7.75. The quantitative estimate of drug-likeness (QED) is 0.692. The molecule has 1 N–H and O–H groups in total. The first-order valence-electron chi connectivity index (χ1n) is 7.53. The maximum atomic E-state index is 5.70. The van der Waals surface area contributed by atoms with Gasteiger partial charge in [0.1, 0.15) is 11.5 Å². The summed E-state index contributed by atoms with van der Waals surface area (Å²) < 4.78 is 10.8. The van der Waals surface area contributed by atoms with Crippen LogP contribution in [0.5, 0.6) is 11.5 Å². The van der Waals surface area contributed by atoms with E-state index in [1.54, 1.807) is 7.11 Å². The van der Waals surface area contributed by atoms with Crippen molar-refractivity contribution >= 4 is 0 Å². The summed E-state index contributed by atoms with van der Waals surface area (Å²) in [5.74, 6) is 1.78. The predicted molar refractivity (Wildman–Crippen MR) is 84.7 cm³/mol. The second-order valence-corrected chi connectivity index (χ2v) is 6.11. The minimum Gasteiger partial charge on any atom is -0.497 e. The zero-order valence-electron chi connectivity index (χ0n) is 13.4. The standard InChI is InChI=1S/C17H29NO2/c1-17(2,3)18-13-7-5-6-8-14-20-16-11-9-15(19-4)10-12-16/h9-12,18H,5-8,13-14H2,1-4H3. The number of ether oxygens (including phenoxy) is 2. The largest absolute Gasteiger partial charge is 0.497 e. The Morgan fingerprint density at radius 3 is 2.10 bits per heavy atom. The molecule has 0 unspecified atom stereocenters. The smallest absolute Gasteiger partial charge is 0.119 e. The highest BCUT2D eigenvalue weighted by Gasteiger charge is 2.06. The number of unbranched alkanes of at least 4 members (excludes halogenated alkanes) is 3. The van der Waals surface area contributed by atoms with Gasteiger partial charge in [-0.05, 0) is 64.4 Å². The topological polar surface area (TPSA) is 30.5 Å². The summed E-state index contributed by atoms with van der Waals surface area (Å²) >= 11 is 0. The fourth-order valence-electron chi connectivity index (χ4n) is 1.91. The molecule has 0 spiro atoms. The Balaban J connectivity index is 1.99. The minimum atomic E-state index is 0.234. The SMILES string of the molecule is COc1ccc(OCCCCCCNC(C)(C)C)cc1. The van der Waals surface area contributed by atoms with Crippen LogP contribution in [0.2, 0.25) is 0 Å². The van der Waals surface area contributed by atoms with Gasteiger partial charge in [0.05, 0.1) is 13.7 Å². The zero-order valence-corrected chi connectivity index (χ0v) is 13.4. The van der Waals surface area contributed by atoms with Crippen LogP contribution in [-0.4, -0.2) is 25.8 Å². The van der Waals surface area contributed by atoms with E-state index >= 15 is 0 Å². The Kier molecular flexibility index (Phi) is 7.45. The second kappa shape index (κ2) is 8.85. The van der Waals surface area contributed by atoms with Crippen molar-refractivity contribution in [3.05, 3.63) is 24.3 Å². The molecule has 3 heteroatoms. The molecule has 0 aliphatic heterocycles. The van der Waals surface area contributed by atoms with Crippen LogP contribution >= 0.6 is 0 Å². The lowest BCUT2D eigenvalue weighted by Gasteiger charge is -2.20. The van der Waals surface area contributed by atoms with Gasteiger partial charge in [-0.25, -0.2) is 0 Å². The second-order valence-electron chi connectivity index (χ2n) is 6.11. The third-order valence-corrected chi connectivity index (χ3v) is 3.05. The molecule has 114 valence electrons. The molecular formula is C17H29NO2. The van der Waals surface area contributed by atoms with Crippen LogP contribution < -0.4 is 14.8 Å². The first-order chi connectivity index (χ1) is 9.51. The number of methoxy groups -OCH3 is 1. The minimum absolute atomic E-state index is 0.234. The molecule has 3 nitrogen and oxygen atoms in total. The van der Waals surface area contributed by atoms with Gasteiger partial charge >= 0.3 is 0 Å². The van der Waals surface area contributed by atoms with Crippen LogP contribution in [-0.2, 0) is 0 Å². The molecule has 0 radical (unpaired) electrons. The molecule has 0 amide bonds. The lowest BCUT2D eigenvalue weighted by Crippen LogP contribution is -2.36. The van der Waals surface area contributed by atoms with Gasteiger partial charge in [0, 0.05) is 5.54 Å². The highest BCUT2D eigenvalue weighted by molar-refractivity contribution is 5.31. The molecule has 0 aliphatic carbocycles. The van der Waals surface area contributed by atoms with E-state index in [0.717, 1.165) is 31.1 Å². The monoisotopic (exact) mass is 279 g/mol. The lowest BCUT2D eigenvalue weighted by molar-refractivity contribution is 0.303. The van der Waals surface area contributed by atoms with Crippen molar-refractivity contribution in [3.8, 4) is 11.5 Å². The fourth-order valence-corrected chi connectivity index (χ4v) is 1.91. The van der Waals surface area contributed by atoms with Crippen molar-refractivity contribution in [3.63, 3.8) is 0 Å². The third kappa shape index (κ3) is 8.05. The van der Waals surface area contributed by atoms with Crippen LogP contribution in [0.15, 0.2) is 24.3 Å². The number of hydrogen-bond donors (Lipinski definition) is 1. The number of benzene rings is 1. The molecule has 1 aromatic rings. The summed E-state index contributed by atoms with van der Waals surface area (Å²) in [5, 5.41) is 3.51. The van der Waals surface area contributed by atoms with Gasteiger partial charge in [-0.3, -0.25) is 0 Å². The van der Waals surface area contributed by atoms with Gasteiger partial charge in [-0.2, -0.15) is 0 Å². The van der Waals surface area contributed by atoms with Gasteiger partial charge in [-0.1, -0.05) is 12.8 Å². The summed E-state index contributed by atoms with van der Waals surface area (Å²) in [6.07, 6.45) is 4.83. The summed E-state index contributed by atoms with van der Waals surface area (Å²) in [5.41, 5.74) is 0.234. The summed E-state index contributed by atoms with van der Waals surface area (Å²) in [6.45, 7) is 8.50. The Morgan fingerprint density at radius 1 is 0.900 bits per heavy atom. The van der Waals surface area contributed by atoms with Crippen molar-refractivity contribution in [1.29, 1.82) is 0 Å². The van der Waals surface area contributed by atoms with E-state index in [4.69, 9.17) is 9.47 Å². The lowest BCUT2D eigenvalue weighted by atomic mass is 10.1. The van der Waals surface area contributed by atoms with E-state index in [1.807, 2.05) is 24.3 Å². The average Bonchev–Trinajstić information content (AvgIpc) is 2.41. The van der Waals surface area contributed by atoms with E-state index in [-0.39, 0.29) is 5.54 Å². The molecule has 1 aromatic carbocycles. The maximum Gasteiger partial charge on any atom is 0.119 e. The van der Waals surface area contributed by atoms with E-state index < -0.39 is 0 Å². The average molecular weight is 279 g/mol. The first kappa shape index (κ1) is 16.8. The molecule has 0 fully saturated rings. The van der Waals surface area contributed by atoms with Gasteiger partial charge < -0.3 is 14.8 Å². The zero-order chi connectivity index (χ0) is 14.8. The van der Waals surface area contributed by atoms with Crippen molar-refractivity contribution in [2.24, 2.45) is 0 Å². The Hall–Kier alpha value is -1.22. The Morgan fingerprint density at radius 2 is 1.50 bits per heavy atom. The van der Waals surface area contributed by atoms with Gasteiger partial charge in [-0.15, -0.1) is 0 Å². The van der Waals surface area contributed by atoms with Crippen molar-refractivity contribution in [2.45, 2.75) is 52.0 Å². The molecule has 20 heavy (non-hydrogen) atoms. The van der Waals surface area contributed by atoms with Gasteiger partial charge in [0.15, 0.2) is 0 Å². The van der Waals surface area contributed by atoms with Crippen LogP contribution in [0.1, 0.15) is 46.5 Å². The van der Waals surface area contributed by atoms with E-state index in [0.29, 0.717) is 0 Å². The molecule has 0 saturated heterocycles. The highest BCUT2D eigenvalue weighted by Crippen LogP contribution is 2.17. The van der Waals surface area contributed by atoms with Crippen LogP contribution in [0.4, 0.5) is 0 Å². The number of hydrogen-bond acceptors (Lipinski definition) is 3. The highest BCUT2D eigenvalue weighted by atomic mass is 16.5. The molecular weight excluding hydrogens is 250 g/mol. The van der Waals surface area contributed by atoms with Crippen LogP contribution in [0, 0.1) is 0 Å². The normalized spacial score (nSPS) is 11.4. The van der Waals surface area contributed by atoms with Crippen molar-refractivity contribution in [2.75, 3.05) is 20.3 Å². The summed E-state index contributed by atoms with van der Waals surface area (Å²) in [4.78, 5) is 0. The van der Waals surface area contributed by atoms with E-state index in [2.05, 4.69) is 26.1 Å². The molecule has 0 heterocycles. The third-order valence-electron chi connectivity index (χ3n) is 3.05. The number of nitrogens with one attached hydrogen (secondary N) is 1. The predicted octanol–water partition coefficient (Wildman–Crippen LogP) is 4.02. The summed E-state index contributed by atoms with van der Waals surface area (Å²) in [7, 11) is 1.67. The van der Waals surface area contributed by atoms with E-state index in [1.165, 1.54) is 19.3 Å². The Bertz CT molecular complexity index is 354. The molecule has 0 bridgehead atoms.